The summed E-state index contributed by atoms with van der Waals surface area (Å²) in [5.41, 5.74) is 6.21. The number of hydrogen-bond acceptors (Lipinski definition) is 5. The summed E-state index contributed by atoms with van der Waals surface area (Å²) < 4.78 is 17.0. The summed E-state index contributed by atoms with van der Waals surface area (Å²) in [5.74, 6) is 0.947. The summed E-state index contributed by atoms with van der Waals surface area (Å²) in [6, 6.07) is 13.3. The maximum atomic E-state index is 15.2. The van der Waals surface area contributed by atoms with Gasteiger partial charge in [-0.15, -0.1) is 0 Å². The summed E-state index contributed by atoms with van der Waals surface area (Å²) in [7, 11) is 0. The number of aromatic nitrogens is 4. The minimum atomic E-state index is -0.255. The van der Waals surface area contributed by atoms with Crippen molar-refractivity contribution in [3.63, 3.8) is 0 Å². The highest BCUT2D eigenvalue weighted by atomic mass is 19.1. The van der Waals surface area contributed by atoms with E-state index in [4.69, 9.17) is 4.98 Å². The fourth-order valence-corrected chi connectivity index (χ4v) is 4.96. The zero-order chi connectivity index (χ0) is 24.5. The Kier molecular flexibility index (Phi) is 6.04. The van der Waals surface area contributed by atoms with E-state index in [0.717, 1.165) is 52.7 Å². The molecule has 2 aromatic carbocycles. The molecule has 4 aromatic rings. The predicted molar refractivity (Wildman–Crippen MR) is 135 cm³/mol. The summed E-state index contributed by atoms with van der Waals surface area (Å²) in [5, 5.41) is 9.22. The van der Waals surface area contributed by atoms with Gasteiger partial charge in [-0.3, -0.25) is 4.57 Å². The Morgan fingerprint density at radius 2 is 2.11 bits per heavy atom. The van der Waals surface area contributed by atoms with Crippen LogP contribution >= 0.6 is 0 Å². The number of imidazole rings is 1. The minimum Gasteiger partial charge on any atom is -0.323 e. The molecule has 0 N–H and O–H groups in total. The molecule has 2 heterocycles. The Hall–Kier alpha value is -4.05. The molecule has 176 valence electrons. The highest BCUT2D eigenvalue weighted by Gasteiger charge is 2.32. The normalized spacial score (nSPS) is 15.0. The molecule has 0 aliphatic heterocycles. The first-order valence-corrected chi connectivity index (χ1v) is 11.9. The van der Waals surface area contributed by atoms with Crippen molar-refractivity contribution >= 4 is 16.9 Å². The van der Waals surface area contributed by atoms with Crippen LogP contribution in [0.4, 0.5) is 10.2 Å². The monoisotopic (exact) mass is 466 g/mol. The molecule has 0 spiro atoms. The minimum absolute atomic E-state index is 0.215. The van der Waals surface area contributed by atoms with Crippen molar-refractivity contribution in [1.82, 2.24) is 19.5 Å². The third-order valence-corrected chi connectivity index (χ3v) is 6.66. The first-order chi connectivity index (χ1) is 17.0. The molecule has 0 bridgehead atoms. The first-order valence-electron chi connectivity index (χ1n) is 11.9. The van der Waals surface area contributed by atoms with E-state index in [0.29, 0.717) is 30.2 Å². The molecule has 0 saturated heterocycles. The van der Waals surface area contributed by atoms with Gasteiger partial charge in [0.1, 0.15) is 18.0 Å². The molecule has 2 aromatic heterocycles. The zero-order valence-corrected chi connectivity index (χ0v) is 20.0. The summed E-state index contributed by atoms with van der Waals surface area (Å²) >= 11 is 0. The van der Waals surface area contributed by atoms with Crippen molar-refractivity contribution in [1.29, 1.82) is 5.26 Å². The fraction of sp³-hybridized carbons (Fsp3) is 0.286. The van der Waals surface area contributed by atoms with Crippen molar-refractivity contribution in [3.8, 4) is 12.0 Å². The van der Waals surface area contributed by atoms with E-state index in [1.54, 1.807) is 18.6 Å². The molecule has 35 heavy (non-hydrogen) atoms. The molecule has 7 heteroatoms. The molecule has 0 radical (unpaired) electrons. The van der Waals surface area contributed by atoms with Crippen LogP contribution in [0.15, 0.2) is 61.2 Å². The molecule has 1 aliphatic carbocycles. The molecular formula is C28H27FN6. The second-order valence-electron chi connectivity index (χ2n) is 9.10. The lowest BCUT2D eigenvalue weighted by atomic mass is 9.85. The van der Waals surface area contributed by atoms with E-state index in [9.17, 15) is 5.26 Å². The van der Waals surface area contributed by atoms with Crippen LogP contribution in [0.5, 0.6) is 0 Å². The lowest BCUT2D eigenvalue weighted by molar-refractivity contribution is 0.497. The van der Waals surface area contributed by atoms with Crippen LogP contribution in [0.25, 0.3) is 17.0 Å². The number of halogens is 1. The average molecular weight is 467 g/mol. The number of rotatable bonds is 6. The molecular weight excluding hydrogens is 439 g/mol. The van der Waals surface area contributed by atoms with E-state index in [1.165, 1.54) is 6.07 Å². The first kappa shape index (κ1) is 22.7. The van der Waals surface area contributed by atoms with E-state index in [-0.39, 0.29) is 11.9 Å². The summed E-state index contributed by atoms with van der Waals surface area (Å²) in [6.07, 6.45) is 6.86. The molecule has 1 aliphatic rings. The molecule has 0 fully saturated rings. The lowest BCUT2D eigenvalue weighted by Gasteiger charge is -2.38. The van der Waals surface area contributed by atoms with Crippen LogP contribution in [0.2, 0.25) is 0 Å². The lowest BCUT2D eigenvalue weighted by Crippen LogP contribution is -2.33. The smallest absolute Gasteiger partial charge is 0.237 e. The number of anilines is 1. The van der Waals surface area contributed by atoms with Gasteiger partial charge in [-0.2, -0.15) is 10.2 Å². The Labute approximate surface area is 204 Å². The van der Waals surface area contributed by atoms with Crippen LogP contribution in [0.1, 0.15) is 54.0 Å². The van der Waals surface area contributed by atoms with Crippen molar-refractivity contribution < 1.29 is 4.39 Å². The van der Waals surface area contributed by atoms with Gasteiger partial charge < -0.3 is 4.90 Å². The molecule has 5 rings (SSSR count). The van der Waals surface area contributed by atoms with Gasteiger partial charge in [0, 0.05) is 35.9 Å². The number of benzene rings is 2. The third-order valence-electron chi connectivity index (χ3n) is 6.66. The van der Waals surface area contributed by atoms with Crippen LogP contribution in [0.3, 0.4) is 0 Å². The van der Waals surface area contributed by atoms with Crippen LogP contribution in [-0.2, 0) is 6.42 Å². The van der Waals surface area contributed by atoms with Crippen molar-refractivity contribution in [2.75, 3.05) is 4.90 Å². The van der Waals surface area contributed by atoms with Gasteiger partial charge in [0.15, 0.2) is 0 Å². The Morgan fingerprint density at radius 1 is 1.26 bits per heavy atom. The van der Waals surface area contributed by atoms with Gasteiger partial charge in [0.25, 0.3) is 0 Å². The average Bonchev–Trinajstić information content (AvgIpc) is 3.27. The summed E-state index contributed by atoms with van der Waals surface area (Å²) in [4.78, 5) is 16.1. The zero-order valence-electron chi connectivity index (χ0n) is 20.0. The van der Waals surface area contributed by atoms with Crippen LogP contribution in [0, 0.1) is 31.0 Å². The van der Waals surface area contributed by atoms with Gasteiger partial charge in [0.05, 0.1) is 23.1 Å². The third kappa shape index (κ3) is 4.17. The highest BCUT2D eigenvalue weighted by Crippen LogP contribution is 2.41. The highest BCUT2D eigenvalue weighted by molar-refractivity contribution is 5.77. The number of allylic oxidation sites excluding steroid dienone is 1. The largest absolute Gasteiger partial charge is 0.323 e. The van der Waals surface area contributed by atoms with Crippen LogP contribution < -0.4 is 4.90 Å². The van der Waals surface area contributed by atoms with E-state index in [1.807, 2.05) is 41.5 Å². The van der Waals surface area contributed by atoms with Crippen molar-refractivity contribution in [2.24, 2.45) is 0 Å². The summed E-state index contributed by atoms with van der Waals surface area (Å²) in [6.45, 7) is 8.30. The predicted octanol–water partition coefficient (Wildman–Crippen LogP) is 6.27. The van der Waals surface area contributed by atoms with E-state index >= 15 is 4.39 Å². The topological polar surface area (TPSA) is 70.6 Å². The van der Waals surface area contributed by atoms with Gasteiger partial charge in [0.2, 0.25) is 5.95 Å². The van der Waals surface area contributed by atoms with Crippen molar-refractivity contribution in [3.05, 3.63) is 89.3 Å². The fourth-order valence-electron chi connectivity index (χ4n) is 4.96. The number of aryl methyl sites for hydroxylation is 3. The molecule has 1 atom stereocenters. The standard InChI is InChI=1S/C28H27FN6/c1-18-12-13-23-25(15-18)34(17-32-23)28-31-16-19(2)27(33-28)35(20(3)7-6-14-30)24-11-5-9-21-8-4-10-22(29)26(21)24/h4,8,10,12-13,15-17,24H,3,5-7,9,11H2,1-2H3/t24-/m1/s1. The molecule has 0 unspecified atom stereocenters. The SMILES string of the molecule is C=C(CCC#N)N(c1nc(-n2cnc3ccc(C)cc32)ncc1C)[C@@H]1CCCc2cccc(F)c21. The Morgan fingerprint density at radius 3 is 2.94 bits per heavy atom. The number of fused-ring (bicyclic) bond motifs is 2. The second-order valence-corrected chi connectivity index (χ2v) is 9.10. The maximum absolute atomic E-state index is 15.2. The van der Waals surface area contributed by atoms with Crippen LogP contribution in [-0.4, -0.2) is 19.5 Å². The Balaban J connectivity index is 1.66. The van der Waals surface area contributed by atoms with E-state index in [2.05, 4.69) is 28.7 Å². The molecule has 0 amide bonds. The molecule has 0 saturated carbocycles. The second kappa shape index (κ2) is 9.30. The van der Waals surface area contributed by atoms with Gasteiger partial charge in [-0.05, 0) is 62.4 Å². The van der Waals surface area contributed by atoms with Gasteiger partial charge in [-0.1, -0.05) is 24.8 Å². The number of nitriles is 1. The number of nitrogens with zero attached hydrogens (tertiary/aromatic N) is 6. The number of hydrogen-bond donors (Lipinski definition) is 0. The van der Waals surface area contributed by atoms with Crippen molar-refractivity contribution in [2.45, 2.75) is 52.0 Å². The van der Waals surface area contributed by atoms with Gasteiger partial charge in [-0.25, -0.2) is 14.4 Å². The Bertz CT molecular complexity index is 1460. The van der Waals surface area contributed by atoms with Gasteiger partial charge >= 0.3 is 0 Å². The maximum Gasteiger partial charge on any atom is 0.237 e. The van der Waals surface area contributed by atoms with E-state index < -0.39 is 0 Å². The molecule has 6 nitrogen and oxygen atoms in total. The quantitative estimate of drug-likeness (QED) is 0.335.